The molecule has 3 nitrogen and oxygen atoms in total. The van der Waals surface area contributed by atoms with Gasteiger partial charge in [0.25, 0.3) is 0 Å². The van der Waals surface area contributed by atoms with Gasteiger partial charge in [-0.3, -0.25) is 0 Å². The van der Waals surface area contributed by atoms with E-state index in [2.05, 4.69) is 32.4 Å². The Bertz CT molecular complexity index is 481. The Labute approximate surface area is 103 Å². The van der Waals surface area contributed by atoms with Crippen molar-refractivity contribution in [2.75, 3.05) is 5.33 Å². The monoisotopic (exact) mass is 282 g/mol. The summed E-state index contributed by atoms with van der Waals surface area (Å²) < 4.78 is 2.10. The molecule has 86 valence electrons. The lowest BCUT2D eigenvalue weighted by Gasteiger charge is -2.11. The van der Waals surface area contributed by atoms with Gasteiger partial charge in [-0.2, -0.15) is 0 Å². The van der Waals surface area contributed by atoms with E-state index in [-0.39, 0.29) is 6.10 Å². The highest BCUT2D eigenvalue weighted by Gasteiger charge is 2.11. The topological polar surface area (TPSA) is 38.0 Å². The van der Waals surface area contributed by atoms with Crippen LogP contribution in [0.1, 0.15) is 12.7 Å². The predicted molar refractivity (Wildman–Crippen MR) is 68.9 cm³/mol. The molecule has 0 aliphatic carbocycles. The Hall–Kier alpha value is -0.870. The quantitative estimate of drug-likeness (QED) is 0.875. The summed E-state index contributed by atoms with van der Waals surface area (Å²) in [5.41, 5.74) is 2.10. The zero-order chi connectivity index (χ0) is 11.5. The molecule has 0 aliphatic heterocycles. The van der Waals surface area contributed by atoms with Gasteiger partial charge in [-0.25, -0.2) is 4.98 Å². The third-order valence-corrected chi connectivity index (χ3v) is 3.37. The zero-order valence-corrected chi connectivity index (χ0v) is 10.8. The van der Waals surface area contributed by atoms with Gasteiger partial charge in [-0.1, -0.05) is 35.0 Å². The van der Waals surface area contributed by atoms with Crippen molar-refractivity contribution in [3.8, 4) is 0 Å². The van der Waals surface area contributed by atoms with Crippen LogP contribution < -0.4 is 0 Å². The fourth-order valence-corrected chi connectivity index (χ4v) is 2.06. The number of para-hydroxylation sites is 2. The van der Waals surface area contributed by atoms with Crippen LogP contribution in [0.2, 0.25) is 0 Å². The molecule has 0 saturated carbocycles. The maximum absolute atomic E-state index is 9.71. The molecule has 4 heteroatoms. The number of aliphatic hydroxyl groups is 1. The summed E-state index contributed by atoms with van der Waals surface area (Å²) in [6, 6.07) is 8.04. The van der Waals surface area contributed by atoms with Crippen LogP contribution in [0.25, 0.3) is 11.0 Å². The molecule has 0 radical (unpaired) electrons. The molecule has 2 aromatic rings. The van der Waals surface area contributed by atoms with E-state index < -0.39 is 0 Å². The van der Waals surface area contributed by atoms with E-state index in [1.807, 2.05) is 24.3 Å². The number of aliphatic hydroxyl groups excluding tert-OH is 1. The van der Waals surface area contributed by atoms with Gasteiger partial charge in [-0.05, 0) is 12.1 Å². The lowest BCUT2D eigenvalue weighted by molar-refractivity contribution is 0.179. The summed E-state index contributed by atoms with van der Waals surface area (Å²) in [5.74, 6) is 1.03. The molecule has 0 bridgehead atoms. The van der Waals surface area contributed by atoms with Crippen LogP contribution in [0.4, 0.5) is 0 Å². The first kappa shape index (κ1) is 11.6. The van der Waals surface area contributed by atoms with Crippen molar-refractivity contribution in [1.29, 1.82) is 0 Å². The number of hydrogen-bond donors (Lipinski definition) is 1. The van der Waals surface area contributed by atoms with Crippen LogP contribution >= 0.6 is 15.9 Å². The summed E-state index contributed by atoms with van der Waals surface area (Å²) in [5, 5.41) is 10.3. The number of fused-ring (bicyclic) bond motifs is 1. The Morgan fingerprint density at radius 2 is 2.19 bits per heavy atom. The molecule has 16 heavy (non-hydrogen) atoms. The van der Waals surface area contributed by atoms with Gasteiger partial charge in [0.2, 0.25) is 0 Å². The van der Waals surface area contributed by atoms with Crippen LogP contribution in [-0.4, -0.2) is 26.1 Å². The predicted octanol–water partition coefficient (Wildman–Crippen LogP) is 2.35. The van der Waals surface area contributed by atoms with E-state index in [4.69, 9.17) is 0 Å². The minimum absolute atomic E-state index is 0.372. The lowest BCUT2D eigenvalue weighted by Crippen LogP contribution is -2.18. The third kappa shape index (κ3) is 2.13. The molecule has 0 spiro atoms. The Balaban J connectivity index is 2.47. The zero-order valence-electron chi connectivity index (χ0n) is 9.23. The number of imidazole rings is 1. The van der Waals surface area contributed by atoms with Crippen LogP contribution in [0, 0.1) is 0 Å². The highest BCUT2D eigenvalue weighted by molar-refractivity contribution is 9.09. The molecule has 1 heterocycles. The molecular formula is C12H15BrN2O. The highest BCUT2D eigenvalue weighted by Crippen LogP contribution is 2.17. The van der Waals surface area contributed by atoms with Gasteiger partial charge in [0.15, 0.2) is 0 Å². The Kier molecular flexibility index (Phi) is 3.61. The molecular weight excluding hydrogens is 268 g/mol. The minimum atomic E-state index is -0.372. The van der Waals surface area contributed by atoms with E-state index in [0.29, 0.717) is 11.9 Å². The van der Waals surface area contributed by atoms with Crippen LogP contribution in [0.5, 0.6) is 0 Å². The van der Waals surface area contributed by atoms with Crippen LogP contribution in [0.3, 0.4) is 0 Å². The largest absolute Gasteiger partial charge is 0.390 e. The molecule has 1 atom stereocenters. The molecule has 1 N–H and O–H groups in total. The van der Waals surface area contributed by atoms with Crippen molar-refractivity contribution in [1.82, 2.24) is 9.55 Å². The molecule has 1 aromatic carbocycles. The second-order valence-corrected chi connectivity index (χ2v) is 4.44. The van der Waals surface area contributed by atoms with E-state index >= 15 is 0 Å². The smallest absolute Gasteiger partial charge is 0.109 e. The summed E-state index contributed by atoms with van der Waals surface area (Å²) in [6.07, 6.45) is 0.506. The number of hydrogen-bond acceptors (Lipinski definition) is 2. The molecule has 1 unspecified atom stereocenters. The van der Waals surface area contributed by atoms with E-state index in [1.165, 1.54) is 0 Å². The van der Waals surface area contributed by atoms with Crippen LogP contribution in [0.15, 0.2) is 24.3 Å². The fourth-order valence-electron chi connectivity index (χ4n) is 1.86. The maximum atomic E-state index is 9.71. The normalized spacial score (nSPS) is 13.2. The number of aromatic nitrogens is 2. The van der Waals surface area contributed by atoms with Crippen molar-refractivity contribution in [3.05, 3.63) is 30.1 Å². The number of nitrogens with zero attached hydrogens (tertiary/aromatic N) is 2. The summed E-state index contributed by atoms with van der Waals surface area (Å²) in [4.78, 5) is 4.56. The second kappa shape index (κ2) is 4.97. The minimum Gasteiger partial charge on any atom is -0.390 e. The second-order valence-electron chi connectivity index (χ2n) is 3.79. The number of aryl methyl sites for hydroxylation is 1. The van der Waals surface area contributed by atoms with Gasteiger partial charge < -0.3 is 9.67 Å². The van der Waals surface area contributed by atoms with E-state index in [1.54, 1.807) is 0 Å². The van der Waals surface area contributed by atoms with Crippen molar-refractivity contribution in [3.63, 3.8) is 0 Å². The van der Waals surface area contributed by atoms with Crippen molar-refractivity contribution in [2.45, 2.75) is 26.0 Å². The number of alkyl halides is 1. The third-order valence-electron chi connectivity index (χ3n) is 2.62. The van der Waals surface area contributed by atoms with Gasteiger partial charge in [0.1, 0.15) is 5.82 Å². The molecule has 0 fully saturated rings. The Morgan fingerprint density at radius 3 is 2.88 bits per heavy atom. The molecule has 1 aromatic heterocycles. The van der Waals surface area contributed by atoms with E-state index in [9.17, 15) is 5.11 Å². The summed E-state index contributed by atoms with van der Waals surface area (Å²) >= 11 is 3.29. The first-order chi connectivity index (χ1) is 7.76. The maximum Gasteiger partial charge on any atom is 0.109 e. The lowest BCUT2D eigenvalue weighted by atomic mass is 10.3. The van der Waals surface area contributed by atoms with Gasteiger partial charge in [0, 0.05) is 11.8 Å². The molecule has 2 rings (SSSR count). The standard InChI is InChI=1S/C12H15BrN2O/c1-2-12-14-10-5-3-4-6-11(10)15(12)8-9(16)7-13/h3-6,9,16H,2,7-8H2,1H3. The average Bonchev–Trinajstić information content (AvgIpc) is 2.67. The summed E-state index contributed by atoms with van der Waals surface area (Å²) in [6.45, 7) is 2.67. The van der Waals surface area contributed by atoms with Gasteiger partial charge in [0.05, 0.1) is 23.7 Å². The fraction of sp³-hybridized carbons (Fsp3) is 0.417. The molecule has 0 amide bonds. The molecule has 0 aliphatic rings. The highest BCUT2D eigenvalue weighted by atomic mass is 79.9. The number of benzene rings is 1. The SMILES string of the molecule is CCc1nc2ccccc2n1CC(O)CBr. The Morgan fingerprint density at radius 1 is 1.44 bits per heavy atom. The van der Waals surface area contributed by atoms with Crippen molar-refractivity contribution >= 4 is 27.0 Å². The number of halogens is 1. The first-order valence-corrected chi connectivity index (χ1v) is 6.56. The number of rotatable bonds is 4. The first-order valence-electron chi connectivity index (χ1n) is 5.44. The van der Waals surface area contributed by atoms with Gasteiger partial charge >= 0.3 is 0 Å². The molecule has 0 saturated heterocycles. The summed E-state index contributed by atoms with van der Waals surface area (Å²) in [7, 11) is 0. The van der Waals surface area contributed by atoms with E-state index in [0.717, 1.165) is 23.3 Å². The van der Waals surface area contributed by atoms with Crippen molar-refractivity contribution < 1.29 is 5.11 Å². The van der Waals surface area contributed by atoms with Crippen LogP contribution in [-0.2, 0) is 13.0 Å². The average molecular weight is 283 g/mol. The van der Waals surface area contributed by atoms with Crippen molar-refractivity contribution in [2.24, 2.45) is 0 Å². The van der Waals surface area contributed by atoms with Gasteiger partial charge in [-0.15, -0.1) is 0 Å².